The highest BCUT2D eigenvalue weighted by Crippen LogP contribution is 2.26. The number of hydrogen-bond acceptors (Lipinski definition) is 6. The molecule has 1 rings (SSSR count). The molecule has 5 N–H and O–H groups in total. The van der Waals surface area contributed by atoms with Gasteiger partial charge in [-0.3, -0.25) is 9.59 Å². The maximum atomic E-state index is 12.2. The lowest BCUT2D eigenvalue weighted by Gasteiger charge is -2.25. The van der Waals surface area contributed by atoms with Gasteiger partial charge in [0.15, 0.2) is 0 Å². The van der Waals surface area contributed by atoms with Crippen molar-refractivity contribution in [3.05, 3.63) is 23.8 Å². The Morgan fingerprint density at radius 1 is 1.13 bits per heavy atom. The molecule has 31 heavy (non-hydrogen) atoms. The molecule has 0 saturated heterocycles. The van der Waals surface area contributed by atoms with Crippen molar-refractivity contribution in [1.82, 2.24) is 5.32 Å². The van der Waals surface area contributed by atoms with Crippen molar-refractivity contribution in [2.24, 2.45) is 11.7 Å². The van der Waals surface area contributed by atoms with Crippen molar-refractivity contribution in [3.8, 4) is 5.75 Å². The molecule has 8 heteroatoms. The fourth-order valence-electron chi connectivity index (χ4n) is 3.01. The van der Waals surface area contributed by atoms with E-state index in [1.54, 1.807) is 39.8 Å². The minimum atomic E-state index is -0.611. The summed E-state index contributed by atoms with van der Waals surface area (Å²) >= 11 is 0. The van der Waals surface area contributed by atoms with Gasteiger partial charge < -0.3 is 26.2 Å². The van der Waals surface area contributed by atoms with Crippen LogP contribution in [0.1, 0.15) is 66.4 Å². The van der Waals surface area contributed by atoms with Gasteiger partial charge in [-0.25, -0.2) is 4.79 Å². The number of nitrogens with one attached hydrogen (secondary N) is 2. The van der Waals surface area contributed by atoms with Crippen LogP contribution >= 0.6 is 0 Å². The summed E-state index contributed by atoms with van der Waals surface area (Å²) in [5, 5.41) is 15.7. The summed E-state index contributed by atoms with van der Waals surface area (Å²) in [4.78, 5) is 36.0. The van der Waals surface area contributed by atoms with Crippen molar-refractivity contribution in [2.75, 3.05) is 5.32 Å². The number of phenols is 1. The van der Waals surface area contributed by atoms with Crippen LogP contribution in [-0.2, 0) is 20.7 Å². The predicted molar refractivity (Wildman–Crippen MR) is 121 cm³/mol. The molecule has 0 aliphatic rings. The molecule has 0 aliphatic heterocycles. The van der Waals surface area contributed by atoms with Crippen LogP contribution in [0.3, 0.4) is 0 Å². The smallest absolute Gasteiger partial charge is 0.407 e. The molecule has 0 aromatic heterocycles. The average molecular weight is 436 g/mol. The normalized spacial score (nSPS) is 13.4. The second-order valence-corrected chi connectivity index (χ2v) is 9.33. The number of ketones is 1. The summed E-state index contributed by atoms with van der Waals surface area (Å²) in [6.45, 7) is 11.1. The molecule has 0 radical (unpaired) electrons. The summed E-state index contributed by atoms with van der Waals surface area (Å²) in [5.74, 6) is -0.306. The van der Waals surface area contributed by atoms with Gasteiger partial charge in [0.1, 0.15) is 17.1 Å². The third kappa shape index (κ3) is 10.8. The number of hydrogen-bond donors (Lipinski definition) is 4. The number of benzene rings is 1. The summed E-state index contributed by atoms with van der Waals surface area (Å²) in [6, 6.07) is 4.13. The zero-order chi connectivity index (χ0) is 23.8. The Kier molecular flexibility index (Phi) is 9.97. The number of aromatic hydroxyl groups is 1. The largest absolute Gasteiger partial charge is 0.506 e. The van der Waals surface area contributed by atoms with E-state index in [2.05, 4.69) is 24.5 Å². The molecule has 0 aliphatic carbocycles. The maximum absolute atomic E-state index is 12.2. The third-order valence-corrected chi connectivity index (χ3v) is 4.40. The number of carbonyl (C=O) groups excluding carboxylic acids is 3. The van der Waals surface area contributed by atoms with Crippen LogP contribution in [0, 0.1) is 5.92 Å². The van der Waals surface area contributed by atoms with Crippen molar-refractivity contribution < 1.29 is 24.2 Å². The maximum Gasteiger partial charge on any atom is 0.407 e. The quantitative estimate of drug-likeness (QED) is 0.416. The summed E-state index contributed by atoms with van der Waals surface area (Å²) in [5.41, 5.74) is 6.01. The number of nitrogens with two attached hydrogens (primary N) is 1. The molecular weight excluding hydrogens is 398 g/mol. The Labute approximate surface area is 184 Å². The standard InChI is InChI=1S/C23H37N3O5/c1-14(2)11-17(25-22(30)31-23(4,5)6)12-16-7-8-20(28)18(13-16)26-21(29)10-9-19(27)15(3)24/h7-8,13-15,17,28H,9-12,24H2,1-6H3,(H,25,30)(H,26,29)/t15?,17-/m1/s1. The molecule has 1 aromatic carbocycles. The number of phenolic OH excluding ortho intramolecular Hbond substituents is 1. The van der Waals surface area contributed by atoms with Crippen LogP contribution in [0.25, 0.3) is 0 Å². The van der Waals surface area contributed by atoms with Gasteiger partial charge in [-0.1, -0.05) is 19.9 Å². The first kappa shape index (κ1) is 26.4. The van der Waals surface area contributed by atoms with Crippen LogP contribution in [0.15, 0.2) is 18.2 Å². The van der Waals surface area contributed by atoms with Gasteiger partial charge >= 0.3 is 6.09 Å². The molecular formula is C23H37N3O5. The Hall–Kier alpha value is -2.61. The molecule has 0 spiro atoms. The van der Waals surface area contributed by atoms with Crippen LogP contribution in [0.2, 0.25) is 0 Å². The van der Waals surface area contributed by atoms with E-state index in [1.807, 2.05) is 0 Å². The van der Waals surface area contributed by atoms with E-state index in [4.69, 9.17) is 10.5 Å². The summed E-state index contributed by atoms with van der Waals surface area (Å²) in [6.07, 6.45) is 0.787. The number of ether oxygens (including phenoxy) is 1. The van der Waals surface area contributed by atoms with Gasteiger partial charge in [-0.15, -0.1) is 0 Å². The molecule has 2 amide bonds. The molecule has 0 saturated carbocycles. The number of amides is 2. The fourth-order valence-corrected chi connectivity index (χ4v) is 3.01. The fraction of sp³-hybridized carbons (Fsp3) is 0.609. The second-order valence-electron chi connectivity index (χ2n) is 9.33. The first-order valence-corrected chi connectivity index (χ1v) is 10.7. The van der Waals surface area contributed by atoms with E-state index >= 15 is 0 Å². The van der Waals surface area contributed by atoms with Crippen LogP contribution in [0.4, 0.5) is 10.5 Å². The number of rotatable bonds is 10. The minimum absolute atomic E-state index is 0.0137. The minimum Gasteiger partial charge on any atom is -0.506 e. The van der Waals surface area contributed by atoms with Crippen LogP contribution in [-0.4, -0.2) is 40.6 Å². The van der Waals surface area contributed by atoms with E-state index in [9.17, 15) is 19.5 Å². The van der Waals surface area contributed by atoms with Gasteiger partial charge in [0, 0.05) is 18.9 Å². The molecule has 0 heterocycles. The van der Waals surface area contributed by atoms with E-state index in [0.29, 0.717) is 12.3 Å². The predicted octanol–water partition coefficient (Wildman–Crippen LogP) is 3.51. The Morgan fingerprint density at radius 3 is 2.32 bits per heavy atom. The molecule has 0 bridgehead atoms. The SMILES string of the molecule is CC(C)C[C@H](Cc1ccc(O)c(NC(=O)CCC(=O)C(C)N)c1)NC(=O)OC(C)(C)C. The molecule has 1 aromatic rings. The monoisotopic (exact) mass is 435 g/mol. The van der Waals surface area contributed by atoms with E-state index in [1.165, 1.54) is 6.07 Å². The van der Waals surface area contributed by atoms with Crippen LogP contribution < -0.4 is 16.4 Å². The molecule has 174 valence electrons. The van der Waals surface area contributed by atoms with E-state index in [-0.39, 0.29) is 42.0 Å². The van der Waals surface area contributed by atoms with Gasteiger partial charge in [-0.05, 0) is 64.2 Å². The Morgan fingerprint density at radius 2 is 1.77 bits per heavy atom. The Balaban J connectivity index is 2.84. The highest BCUT2D eigenvalue weighted by Gasteiger charge is 2.21. The zero-order valence-electron chi connectivity index (χ0n) is 19.5. The lowest BCUT2D eigenvalue weighted by atomic mass is 9.97. The van der Waals surface area contributed by atoms with Gasteiger partial charge in [0.05, 0.1) is 11.7 Å². The third-order valence-electron chi connectivity index (χ3n) is 4.40. The van der Waals surface area contributed by atoms with Gasteiger partial charge in [0.25, 0.3) is 0 Å². The van der Waals surface area contributed by atoms with Crippen molar-refractivity contribution >= 4 is 23.5 Å². The number of Topliss-reactive ketones (excluding diaryl/α,β-unsaturated/α-hetero) is 1. The second kappa shape index (κ2) is 11.7. The van der Waals surface area contributed by atoms with Crippen LogP contribution in [0.5, 0.6) is 5.75 Å². The van der Waals surface area contributed by atoms with E-state index in [0.717, 1.165) is 12.0 Å². The molecule has 2 atom stereocenters. The van der Waals surface area contributed by atoms with E-state index < -0.39 is 17.7 Å². The molecule has 1 unspecified atom stereocenters. The van der Waals surface area contributed by atoms with Crippen molar-refractivity contribution in [1.29, 1.82) is 0 Å². The number of carbonyl (C=O) groups is 3. The molecule has 8 nitrogen and oxygen atoms in total. The van der Waals surface area contributed by atoms with Crippen molar-refractivity contribution in [3.63, 3.8) is 0 Å². The highest BCUT2D eigenvalue weighted by molar-refractivity contribution is 5.95. The zero-order valence-corrected chi connectivity index (χ0v) is 19.5. The van der Waals surface area contributed by atoms with Gasteiger partial charge in [0.2, 0.25) is 5.91 Å². The summed E-state index contributed by atoms with van der Waals surface area (Å²) < 4.78 is 5.36. The van der Waals surface area contributed by atoms with Gasteiger partial charge in [-0.2, -0.15) is 0 Å². The topological polar surface area (TPSA) is 131 Å². The first-order valence-electron chi connectivity index (χ1n) is 10.7. The van der Waals surface area contributed by atoms with Crippen molar-refractivity contribution in [2.45, 2.75) is 84.9 Å². The molecule has 0 fully saturated rings. The number of anilines is 1. The lowest BCUT2D eigenvalue weighted by molar-refractivity contribution is -0.123. The average Bonchev–Trinajstić information content (AvgIpc) is 2.60. The summed E-state index contributed by atoms with van der Waals surface area (Å²) in [7, 11) is 0. The lowest BCUT2D eigenvalue weighted by Crippen LogP contribution is -2.40. The first-order chi connectivity index (χ1) is 14.3. The number of alkyl carbamates (subject to hydrolysis) is 1. The highest BCUT2D eigenvalue weighted by atomic mass is 16.6. The Bertz CT molecular complexity index is 769.